The lowest BCUT2D eigenvalue weighted by Crippen LogP contribution is -2.25. The summed E-state index contributed by atoms with van der Waals surface area (Å²) in [5, 5.41) is 7.80. The van der Waals surface area contributed by atoms with E-state index in [1.54, 1.807) is 4.57 Å². The number of nitrogens with zero attached hydrogens (tertiary/aromatic N) is 3. The van der Waals surface area contributed by atoms with Gasteiger partial charge in [0, 0.05) is 5.54 Å². The third-order valence-electron chi connectivity index (χ3n) is 2.71. The number of rotatable bonds is 2. The second-order valence-electron chi connectivity index (χ2n) is 5.18. The summed E-state index contributed by atoms with van der Waals surface area (Å²) in [5.74, 6) is -0.580. The zero-order valence-electron chi connectivity index (χ0n) is 10.9. The lowest BCUT2D eigenvalue weighted by atomic mass is 10.1. The van der Waals surface area contributed by atoms with Crippen molar-refractivity contribution in [1.82, 2.24) is 14.8 Å². The van der Waals surface area contributed by atoms with Gasteiger partial charge in [-0.15, -0.1) is 21.8 Å². The van der Waals surface area contributed by atoms with Crippen LogP contribution in [0.4, 0.5) is 8.78 Å². The van der Waals surface area contributed by atoms with E-state index in [4.69, 9.17) is 11.6 Å². The van der Waals surface area contributed by atoms with Gasteiger partial charge in [-0.05, 0) is 32.9 Å². The van der Waals surface area contributed by atoms with E-state index in [0.717, 1.165) is 0 Å². The van der Waals surface area contributed by atoms with Crippen LogP contribution in [0.2, 0.25) is 0 Å². The van der Waals surface area contributed by atoms with Gasteiger partial charge in [0.05, 0.1) is 11.4 Å². The molecule has 0 atom stereocenters. The summed E-state index contributed by atoms with van der Waals surface area (Å²) in [7, 11) is 0. The first-order valence-electron chi connectivity index (χ1n) is 5.81. The number of alkyl halides is 1. The highest BCUT2D eigenvalue weighted by atomic mass is 35.5. The molecule has 0 bridgehead atoms. The van der Waals surface area contributed by atoms with Gasteiger partial charge in [-0.25, -0.2) is 8.78 Å². The van der Waals surface area contributed by atoms with Gasteiger partial charge in [0.1, 0.15) is 17.5 Å². The highest BCUT2D eigenvalue weighted by Crippen LogP contribution is 2.30. The molecule has 0 aliphatic rings. The summed E-state index contributed by atoms with van der Waals surface area (Å²) < 4.78 is 29.4. The Hall–Kier alpha value is -1.49. The Morgan fingerprint density at radius 2 is 1.74 bits per heavy atom. The summed E-state index contributed by atoms with van der Waals surface area (Å²) in [6, 6.07) is 3.70. The first-order chi connectivity index (χ1) is 8.86. The van der Waals surface area contributed by atoms with Crippen LogP contribution in [-0.2, 0) is 11.4 Å². The highest BCUT2D eigenvalue weighted by Gasteiger charge is 2.26. The summed E-state index contributed by atoms with van der Waals surface area (Å²) in [5.41, 5.74) is -0.612. The van der Waals surface area contributed by atoms with Gasteiger partial charge in [0.25, 0.3) is 0 Å². The quantitative estimate of drug-likeness (QED) is 0.788. The van der Waals surface area contributed by atoms with Gasteiger partial charge in [-0.3, -0.25) is 0 Å². The molecule has 0 amide bonds. The van der Waals surface area contributed by atoms with Crippen molar-refractivity contribution >= 4 is 11.6 Å². The molecule has 0 spiro atoms. The van der Waals surface area contributed by atoms with Crippen molar-refractivity contribution in [3.8, 4) is 11.4 Å². The molecular formula is C13H14ClF2N3. The molecule has 102 valence electrons. The van der Waals surface area contributed by atoms with Crippen LogP contribution in [0.15, 0.2) is 18.2 Å². The van der Waals surface area contributed by atoms with E-state index in [9.17, 15) is 8.78 Å². The van der Waals surface area contributed by atoms with Crippen molar-refractivity contribution < 1.29 is 8.78 Å². The molecule has 2 rings (SSSR count). The molecule has 0 fully saturated rings. The fourth-order valence-corrected chi connectivity index (χ4v) is 2.15. The molecule has 0 N–H and O–H groups in total. The van der Waals surface area contributed by atoms with E-state index in [2.05, 4.69) is 10.2 Å². The minimum atomic E-state index is -0.668. The zero-order chi connectivity index (χ0) is 14.2. The predicted molar refractivity (Wildman–Crippen MR) is 69.9 cm³/mol. The summed E-state index contributed by atoms with van der Waals surface area (Å²) in [6.45, 7) is 5.69. The molecule has 0 aliphatic heterocycles. The van der Waals surface area contributed by atoms with E-state index >= 15 is 0 Å². The number of benzene rings is 1. The Morgan fingerprint density at radius 1 is 1.16 bits per heavy atom. The molecule has 0 unspecified atom stereocenters. The zero-order valence-corrected chi connectivity index (χ0v) is 11.7. The lowest BCUT2D eigenvalue weighted by molar-refractivity contribution is 0.389. The first kappa shape index (κ1) is 13.9. The Labute approximate surface area is 115 Å². The molecule has 1 heterocycles. The Kier molecular flexibility index (Phi) is 3.58. The van der Waals surface area contributed by atoms with Crippen LogP contribution in [0.3, 0.4) is 0 Å². The van der Waals surface area contributed by atoms with Gasteiger partial charge in [-0.1, -0.05) is 6.07 Å². The second-order valence-corrected chi connectivity index (χ2v) is 5.44. The molecule has 1 aromatic carbocycles. The van der Waals surface area contributed by atoms with Crippen LogP contribution in [0.25, 0.3) is 11.4 Å². The minimum absolute atomic E-state index is 0.125. The first-order valence-corrected chi connectivity index (χ1v) is 6.35. The summed E-state index contributed by atoms with van der Waals surface area (Å²) >= 11 is 5.81. The number of hydrogen-bond acceptors (Lipinski definition) is 2. The third kappa shape index (κ3) is 2.47. The molecule has 0 radical (unpaired) electrons. The van der Waals surface area contributed by atoms with Crippen molar-refractivity contribution in [2.75, 3.05) is 0 Å². The number of aromatic nitrogens is 3. The molecule has 2 aromatic rings. The minimum Gasteiger partial charge on any atom is -0.304 e. The van der Waals surface area contributed by atoms with Crippen molar-refractivity contribution in [3.05, 3.63) is 35.7 Å². The van der Waals surface area contributed by atoms with E-state index < -0.39 is 17.2 Å². The number of halogens is 3. The Bertz CT molecular complexity index is 582. The second kappa shape index (κ2) is 4.89. The van der Waals surface area contributed by atoms with E-state index in [-0.39, 0.29) is 17.3 Å². The van der Waals surface area contributed by atoms with E-state index in [0.29, 0.717) is 5.82 Å². The van der Waals surface area contributed by atoms with Gasteiger partial charge < -0.3 is 4.57 Å². The Morgan fingerprint density at radius 3 is 2.21 bits per heavy atom. The monoisotopic (exact) mass is 285 g/mol. The highest BCUT2D eigenvalue weighted by molar-refractivity contribution is 6.16. The van der Waals surface area contributed by atoms with Crippen molar-refractivity contribution in [2.24, 2.45) is 0 Å². The average molecular weight is 286 g/mol. The van der Waals surface area contributed by atoms with E-state index in [1.165, 1.54) is 18.2 Å². The summed E-state index contributed by atoms with van der Waals surface area (Å²) in [4.78, 5) is 0. The maximum Gasteiger partial charge on any atom is 0.170 e. The van der Waals surface area contributed by atoms with Crippen molar-refractivity contribution in [2.45, 2.75) is 32.2 Å². The maximum absolute atomic E-state index is 13.9. The van der Waals surface area contributed by atoms with Crippen LogP contribution >= 0.6 is 11.6 Å². The standard InChI is InChI=1S/C13H14ClF2N3/c1-13(2,3)19-10(7-14)17-18-12(19)11-8(15)5-4-6-9(11)16/h4-6H,7H2,1-3H3. The van der Waals surface area contributed by atoms with Crippen molar-refractivity contribution in [3.63, 3.8) is 0 Å². The average Bonchev–Trinajstić information content (AvgIpc) is 2.72. The lowest BCUT2D eigenvalue weighted by Gasteiger charge is -2.24. The fourth-order valence-electron chi connectivity index (χ4n) is 1.98. The van der Waals surface area contributed by atoms with Gasteiger partial charge in [0.2, 0.25) is 0 Å². The molecule has 19 heavy (non-hydrogen) atoms. The van der Waals surface area contributed by atoms with Crippen molar-refractivity contribution in [1.29, 1.82) is 0 Å². The SMILES string of the molecule is CC(C)(C)n1c(CCl)nnc1-c1c(F)cccc1F. The number of hydrogen-bond donors (Lipinski definition) is 0. The molecule has 1 aromatic heterocycles. The topological polar surface area (TPSA) is 30.7 Å². The molecule has 0 saturated heterocycles. The van der Waals surface area contributed by atoms with Crippen LogP contribution in [-0.4, -0.2) is 14.8 Å². The van der Waals surface area contributed by atoms with Crippen LogP contribution < -0.4 is 0 Å². The Balaban J connectivity index is 2.74. The van der Waals surface area contributed by atoms with Crippen LogP contribution in [0, 0.1) is 11.6 Å². The summed E-state index contributed by atoms with van der Waals surface area (Å²) in [6.07, 6.45) is 0. The maximum atomic E-state index is 13.9. The molecule has 3 nitrogen and oxygen atoms in total. The predicted octanol–water partition coefficient (Wildman–Crippen LogP) is 3.72. The third-order valence-corrected chi connectivity index (χ3v) is 2.95. The fraction of sp³-hybridized carbons (Fsp3) is 0.385. The molecular weight excluding hydrogens is 272 g/mol. The van der Waals surface area contributed by atoms with E-state index in [1.807, 2.05) is 20.8 Å². The smallest absolute Gasteiger partial charge is 0.170 e. The van der Waals surface area contributed by atoms with Gasteiger partial charge in [0.15, 0.2) is 5.82 Å². The molecule has 6 heteroatoms. The van der Waals surface area contributed by atoms with Crippen LogP contribution in [0.1, 0.15) is 26.6 Å². The molecule has 0 aliphatic carbocycles. The van der Waals surface area contributed by atoms with Crippen LogP contribution in [0.5, 0.6) is 0 Å². The largest absolute Gasteiger partial charge is 0.304 e. The molecule has 0 saturated carbocycles. The van der Waals surface area contributed by atoms with Gasteiger partial charge >= 0.3 is 0 Å². The normalized spacial score (nSPS) is 11.9. The van der Waals surface area contributed by atoms with Gasteiger partial charge in [-0.2, -0.15) is 0 Å².